The zero-order chi connectivity index (χ0) is 15.1. The second kappa shape index (κ2) is 7.89. The quantitative estimate of drug-likeness (QED) is 0.433. The van der Waals surface area contributed by atoms with Gasteiger partial charge in [0.15, 0.2) is 0 Å². The van der Waals surface area contributed by atoms with Crippen molar-refractivity contribution in [3.63, 3.8) is 0 Å². The summed E-state index contributed by atoms with van der Waals surface area (Å²) in [4.78, 5) is 20.8. The van der Waals surface area contributed by atoms with Crippen LogP contribution in [0.5, 0.6) is 0 Å². The van der Waals surface area contributed by atoms with Crippen molar-refractivity contribution in [3.05, 3.63) is 41.5 Å². The van der Waals surface area contributed by atoms with E-state index in [1.165, 1.54) is 12.1 Å². The molecule has 2 rings (SSSR count). The van der Waals surface area contributed by atoms with Gasteiger partial charge in [-0.15, -0.1) is 0 Å². The van der Waals surface area contributed by atoms with Gasteiger partial charge in [-0.2, -0.15) is 8.42 Å². The predicted molar refractivity (Wildman–Crippen MR) is 62.4 cm³/mol. The number of carbonyl (C=O) groups is 2. The molecule has 0 aliphatic rings. The van der Waals surface area contributed by atoms with Crippen molar-refractivity contribution >= 4 is 32.8 Å². The van der Waals surface area contributed by atoms with Gasteiger partial charge >= 0.3 is 59.1 Å². The van der Waals surface area contributed by atoms with Crippen molar-refractivity contribution in [1.29, 1.82) is 0 Å². The average molecular weight is 340 g/mol. The van der Waals surface area contributed by atoms with Crippen LogP contribution in [0.2, 0.25) is 0 Å². The largest absolute Gasteiger partial charge is 1.00 e. The van der Waals surface area contributed by atoms with E-state index in [0.717, 1.165) is 18.2 Å². The summed E-state index contributed by atoms with van der Waals surface area (Å²) >= 11 is 0. The summed E-state index contributed by atoms with van der Waals surface area (Å²) in [5.41, 5.74) is -0.916. The van der Waals surface area contributed by atoms with Gasteiger partial charge in [0.25, 0.3) is 10.1 Å². The molecular weight excluding hydrogens is 334 g/mol. The van der Waals surface area contributed by atoms with E-state index in [2.05, 4.69) is 0 Å². The van der Waals surface area contributed by atoms with E-state index in [-0.39, 0.29) is 75.5 Å². The zero-order valence-electron chi connectivity index (χ0n) is 11.7. The van der Waals surface area contributed by atoms with Crippen molar-refractivity contribution in [3.8, 4) is 0 Å². The molecule has 7 nitrogen and oxygen atoms in total. The van der Waals surface area contributed by atoms with Gasteiger partial charge in [-0.25, -0.2) is 0 Å². The molecule has 0 spiro atoms. The number of rotatable bonds is 3. The second-order valence-corrected chi connectivity index (χ2v) is 5.35. The molecule has 0 heterocycles. The third-order valence-electron chi connectivity index (χ3n) is 2.67. The van der Waals surface area contributed by atoms with Gasteiger partial charge in [0, 0.05) is 5.56 Å². The van der Waals surface area contributed by atoms with Crippen molar-refractivity contribution in [2.75, 3.05) is 0 Å². The minimum atomic E-state index is -4.79. The summed E-state index contributed by atoms with van der Waals surface area (Å²) in [6, 6.07) is 5.43. The average Bonchev–Trinajstić information content (AvgIpc) is 2.35. The first-order chi connectivity index (χ1) is 9.20. The minimum absolute atomic E-state index is 0. The molecule has 0 amide bonds. The number of aromatic carboxylic acids is 2. The molecule has 0 aliphatic heterocycles. The van der Waals surface area contributed by atoms with E-state index in [1.807, 2.05) is 0 Å². The fourth-order valence-corrected chi connectivity index (χ4v) is 2.47. The first-order valence-corrected chi connectivity index (χ1v) is 6.62. The van der Waals surface area contributed by atoms with Crippen LogP contribution in [-0.4, -0.2) is 24.9 Å². The molecular formula is C12H6Na2O7S. The molecule has 0 saturated carbocycles. The van der Waals surface area contributed by atoms with Gasteiger partial charge in [-0.05, 0) is 34.5 Å². The van der Waals surface area contributed by atoms with E-state index in [9.17, 15) is 28.2 Å². The maximum absolute atomic E-state index is 11.2. The molecule has 0 fully saturated rings. The molecule has 0 aliphatic carbocycles. The Morgan fingerprint density at radius 2 is 1.50 bits per heavy atom. The molecule has 0 bridgehead atoms. The number of carbonyl (C=O) groups excluding carboxylic acids is 2. The van der Waals surface area contributed by atoms with Crippen LogP contribution in [0.4, 0.5) is 0 Å². The Labute approximate surface area is 169 Å². The number of carboxylic acids is 2. The van der Waals surface area contributed by atoms with Gasteiger partial charge in [0.2, 0.25) is 0 Å². The van der Waals surface area contributed by atoms with Gasteiger partial charge in [0.1, 0.15) is 4.90 Å². The van der Waals surface area contributed by atoms with Gasteiger partial charge < -0.3 is 19.8 Å². The molecule has 0 atom stereocenters. The number of carboxylic acid groups (broad SMARTS) is 2. The molecule has 2 aromatic rings. The standard InChI is InChI=1S/C12H8O7S.2Na/c13-11(14)7-2-1-6-4-9(12(15)16)10(20(17,18)19)5-8(6)3-7;;/h1-5H,(H,13,14)(H,15,16)(H,17,18,19);;/q;2*+1/p-2. The first kappa shape index (κ1) is 21.6. The van der Waals surface area contributed by atoms with Crippen LogP contribution in [0.15, 0.2) is 35.2 Å². The van der Waals surface area contributed by atoms with Crippen LogP contribution in [0, 0.1) is 0 Å². The maximum Gasteiger partial charge on any atom is 1.00 e. The Morgan fingerprint density at radius 1 is 0.909 bits per heavy atom. The fourth-order valence-electron chi connectivity index (χ4n) is 1.78. The fraction of sp³-hybridized carbons (Fsp3) is 0. The van der Waals surface area contributed by atoms with Crippen LogP contribution < -0.4 is 69.3 Å². The van der Waals surface area contributed by atoms with Crippen LogP contribution in [-0.2, 0) is 10.1 Å². The molecule has 1 N–H and O–H groups in total. The third-order valence-corrected chi connectivity index (χ3v) is 3.57. The van der Waals surface area contributed by atoms with Crippen molar-refractivity contribution in [1.82, 2.24) is 0 Å². The van der Waals surface area contributed by atoms with E-state index in [0.29, 0.717) is 0 Å². The molecule has 0 aromatic heterocycles. The molecule has 0 radical (unpaired) electrons. The minimum Gasteiger partial charge on any atom is -0.545 e. The van der Waals surface area contributed by atoms with Crippen molar-refractivity contribution in [2.24, 2.45) is 0 Å². The van der Waals surface area contributed by atoms with Gasteiger partial charge in [0.05, 0.1) is 11.9 Å². The Morgan fingerprint density at radius 3 is 1.95 bits per heavy atom. The Bertz CT molecular complexity index is 846. The first-order valence-electron chi connectivity index (χ1n) is 5.18. The maximum atomic E-state index is 11.2. The van der Waals surface area contributed by atoms with E-state index < -0.39 is 32.5 Å². The summed E-state index contributed by atoms with van der Waals surface area (Å²) in [5.74, 6) is -3.24. The molecule has 0 unspecified atom stereocenters. The molecule has 104 valence electrons. The molecule has 2 aromatic carbocycles. The summed E-state index contributed by atoms with van der Waals surface area (Å²) in [7, 11) is -4.79. The van der Waals surface area contributed by atoms with Gasteiger partial charge in [-0.3, -0.25) is 4.55 Å². The zero-order valence-corrected chi connectivity index (χ0v) is 16.5. The number of hydrogen-bond donors (Lipinski definition) is 1. The summed E-state index contributed by atoms with van der Waals surface area (Å²) in [6.07, 6.45) is 0. The number of hydrogen-bond acceptors (Lipinski definition) is 6. The van der Waals surface area contributed by atoms with E-state index >= 15 is 0 Å². The predicted octanol–water partition coefficient (Wildman–Crippen LogP) is -7.18. The summed E-state index contributed by atoms with van der Waals surface area (Å²) in [5, 5.41) is 22.0. The van der Waals surface area contributed by atoms with Crippen LogP contribution in [0.1, 0.15) is 20.7 Å². The summed E-state index contributed by atoms with van der Waals surface area (Å²) in [6.45, 7) is 0. The Balaban J connectivity index is 0.00000220. The topological polar surface area (TPSA) is 135 Å². The smallest absolute Gasteiger partial charge is 0.545 e. The molecule has 0 saturated heterocycles. The van der Waals surface area contributed by atoms with Crippen LogP contribution in [0.25, 0.3) is 10.8 Å². The molecule has 22 heavy (non-hydrogen) atoms. The Kier molecular flexibility index (Phi) is 7.73. The summed E-state index contributed by atoms with van der Waals surface area (Å²) < 4.78 is 31.3. The normalized spacial score (nSPS) is 10.4. The SMILES string of the molecule is O=C([O-])c1ccc2cc(C(=O)[O-])c(S(=O)(=O)O)cc2c1.[Na+].[Na+]. The van der Waals surface area contributed by atoms with E-state index in [4.69, 9.17) is 4.55 Å². The van der Waals surface area contributed by atoms with Crippen LogP contribution in [0.3, 0.4) is 0 Å². The monoisotopic (exact) mass is 340 g/mol. The second-order valence-electron chi connectivity index (χ2n) is 3.96. The number of benzene rings is 2. The van der Waals surface area contributed by atoms with Crippen molar-refractivity contribution < 1.29 is 91.9 Å². The third kappa shape index (κ3) is 4.53. The Hall–Kier alpha value is -0.450. The van der Waals surface area contributed by atoms with Crippen LogP contribution >= 0.6 is 0 Å². The molecule has 10 heteroatoms. The van der Waals surface area contributed by atoms with E-state index in [1.54, 1.807) is 0 Å². The van der Waals surface area contributed by atoms with Gasteiger partial charge in [-0.1, -0.05) is 12.1 Å². The number of fused-ring (bicyclic) bond motifs is 1. The van der Waals surface area contributed by atoms with Crippen molar-refractivity contribution in [2.45, 2.75) is 4.90 Å².